The van der Waals surface area contributed by atoms with Crippen molar-refractivity contribution in [1.82, 2.24) is 14.5 Å². The standard InChI is InChI=1S/C32H42N4O4/c1-8-21-20-36(30(38)40-32(5,6)7)28-26(21)19-25(27(33-28)23-9-10-23)22-11-13-24(14-12-22)34-15-17-35(18-16-34)29(37)39-31(2,3)4/h11-14,19-20,23H,8-10,15-18H2,1-7H3. The molecule has 1 aliphatic carbocycles. The number of ether oxygens (including phenoxy) is 2. The molecule has 0 unspecified atom stereocenters. The molecule has 1 saturated carbocycles. The van der Waals surface area contributed by atoms with Crippen LogP contribution in [0.1, 0.15) is 78.5 Å². The van der Waals surface area contributed by atoms with E-state index in [2.05, 4.69) is 42.2 Å². The highest BCUT2D eigenvalue weighted by Crippen LogP contribution is 2.45. The minimum atomic E-state index is -0.580. The van der Waals surface area contributed by atoms with Gasteiger partial charge in [-0.3, -0.25) is 0 Å². The van der Waals surface area contributed by atoms with Crippen molar-refractivity contribution < 1.29 is 19.1 Å². The number of piperazine rings is 1. The van der Waals surface area contributed by atoms with Crippen LogP contribution in [0.3, 0.4) is 0 Å². The normalized spacial score (nSPS) is 16.4. The van der Waals surface area contributed by atoms with E-state index in [1.807, 2.05) is 47.7 Å². The Balaban J connectivity index is 1.39. The maximum atomic E-state index is 13.0. The zero-order valence-corrected chi connectivity index (χ0v) is 24.9. The number of aryl methyl sites for hydroxylation is 1. The van der Waals surface area contributed by atoms with Crippen molar-refractivity contribution >= 4 is 28.9 Å². The highest BCUT2D eigenvalue weighted by molar-refractivity contribution is 5.93. The van der Waals surface area contributed by atoms with E-state index in [9.17, 15) is 9.59 Å². The summed E-state index contributed by atoms with van der Waals surface area (Å²) in [5.74, 6) is 0.409. The molecule has 0 atom stereocenters. The van der Waals surface area contributed by atoms with E-state index in [-0.39, 0.29) is 6.09 Å². The summed E-state index contributed by atoms with van der Waals surface area (Å²) < 4.78 is 12.8. The predicted octanol–water partition coefficient (Wildman–Crippen LogP) is 6.98. The Hall–Kier alpha value is -3.55. The second-order valence-corrected chi connectivity index (χ2v) is 12.9. The Morgan fingerprint density at radius 2 is 1.50 bits per heavy atom. The van der Waals surface area contributed by atoms with Crippen LogP contribution in [0.25, 0.3) is 22.2 Å². The van der Waals surface area contributed by atoms with Crippen molar-refractivity contribution in [1.29, 1.82) is 0 Å². The lowest BCUT2D eigenvalue weighted by molar-refractivity contribution is 0.0240. The highest BCUT2D eigenvalue weighted by Gasteiger charge is 2.31. The number of hydrogen-bond donors (Lipinski definition) is 0. The number of pyridine rings is 1. The fourth-order valence-electron chi connectivity index (χ4n) is 5.18. The van der Waals surface area contributed by atoms with E-state index < -0.39 is 17.3 Å². The summed E-state index contributed by atoms with van der Waals surface area (Å²) >= 11 is 0. The molecule has 2 aromatic heterocycles. The van der Waals surface area contributed by atoms with E-state index in [0.717, 1.165) is 65.8 Å². The molecule has 8 nitrogen and oxygen atoms in total. The number of hydrogen-bond acceptors (Lipinski definition) is 6. The second kappa shape index (κ2) is 10.5. The molecule has 0 radical (unpaired) electrons. The molecule has 40 heavy (non-hydrogen) atoms. The number of rotatable bonds is 4. The minimum absolute atomic E-state index is 0.245. The molecule has 1 aromatic carbocycles. The second-order valence-electron chi connectivity index (χ2n) is 12.9. The first-order valence-corrected chi connectivity index (χ1v) is 14.4. The summed E-state index contributed by atoms with van der Waals surface area (Å²) in [5.41, 5.74) is 5.14. The van der Waals surface area contributed by atoms with E-state index in [1.165, 1.54) is 0 Å². The first-order chi connectivity index (χ1) is 18.8. The van der Waals surface area contributed by atoms with Gasteiger partial charge in [0.1, 0.15) is 16.8 Å². The first kappa shape index (κ1) is 28.0. The molecule has 8 heteroatoms. The fraction of sp³-hybridized carbons (Fsp3) is 0.531. The van der Waals surface area contributed by atoms with Gasteiger partial charge in [0.2, 0.25) is 0 Å². The van der Waals surface area contributed by atoms with Crippen molar-refractivity contribution in [3.63, 3.8) is 0 Å². The molecule has 5 rings (SSSR count). The van der Waals surface area contributed by atoms with E-state index in [1.54, 1.807) is 9.47 Å². The van der Waals surface area contributed by atoms with Crippen LogP contribution < -0.4 is 4.90 Å². The minimum Gasteiger partial charge on any atom is -0.444 e. The molecule has 3 aromatic rings. The number of amides is 1. The van der Waals surface area contributed by atoms with Gasteiger partial charge in [0.15, 0.2) is 0 Å². The third-order valence-corrected chi connectivity index (χ3v) is 7.30. The molecule has 1 saturated heterocycles. The summed E-state index contributed by atoms with van der Waals surface area (Å²) in [7, 11) is 0. The fourth-order valence-corrected chi connectivity index (χ4v) is 5.18. The lowest BCUT2D eigenvalue weighted by Crippen LogP contribution is -2.50. The monoisotopic (exact) mass is 546 g/mol. The van der Waals surface area contributed by atoms with Crippen molar-refractivity contribution in [3.05, 3.63) is 47.8 Å². The largest absolute Gasteiger partial charge is 0.444 e. The third kappa shape index (κ3) is 6.11. The van der Waals surface area contributed by atoms with Crippen molar-refractivity contribution in [2.45, 2.75) is 84.8 Å². The number of fused-ring (bicyclic) bond motifs is 1. The lowest BCUT2D eigenvalue weighted by atomic mass is 9.98. The molecule has 3 heterocycles. The molecule has 214 valence electrons. The van der Waals surface area contributed by atoms with Crippen molar-refractivity contribution in [3.8, 4) is 11.1 Å². The summed E-state index contributed by atoms with van der Waals surface area (Å²) in [6, 6.07) is 10.9. The highest BCUT2D eigenvalue weighted by atomic mass is 16.6. The Morgan fingerprint density at radius 3 is 2.05 bits per heavy atom. The van der Waals surface area contributed by atoms with Crippen LogP contribution in [0.15, 0.2) is 36.5 Å². The van der Waals surface area contributed by atoms with Gasteiger partial charge >= 0.3 is 12.2 Å². The van der Waals surface area contributed by atoms with Gasteiger partial charge in [-0.1, -0.05) is 19.1 Å². The molecule has 0 spiro atoms. The summed E-state index contributed by atoms with van der Waals surface area (Å²) in [5, 5.41) is 0.995. The molecule has 2 aliphatic rings. The van der Waals surface area contributed by atoms with E-state index in [0.29, 0.717) is 24.7 Å². The zero-order chi connectivity index (χ0) is 28.8. The van der Waals surface area contributed by atoms with Crippen LogP contribution in [0.2, 0.25) is 0 Å². The number of aromatic nitrogens is 2. The number of benzene rings is 1. The molecule has 0 bridgehead atoms. The van der Waals surface area contributed by atoms with Gasteiger partial charge in [-0.25, -0.2) is 19.1 Å². The Kier molecular flexibility index (Phi) is 7.31. The molecular weight excluding hydrogens is 504 g/mol. The Morgan fingerprint density at radius 1 is 0.900 bits per heavy atom. The number of anilines is 1. The van der Waals surface area contributed by atoms with Gasteiger partial charge in [-0.15, -0.1) is 0 Å². The van der Waals surface area contributed by atoms with Gasteiger partial charge < -0.3 is 19.3 Å². The molecule has 2 fully saturated rings. The average molecular weight is 547 g/mol. The Labute approximate surface area is 237 Å². The van der Waals surface area contributed by atoms with Crippen LogP contribution in [0, 0.1) is 0 Å². The maximum Gasteiger partial charge on any atom is 0.420 e. The molecule has 1 aliphatic heterocycles. The van der Waals surface area contributed by atoms with Gasteiger partial charge in [0, 0.05) is 54.9 Å². The first-order valence-electron chi connectivity index (χ1n) is 14.4. The van der Waals surface area contributed by atoms with Gasteiger partial charge in [-0.2, -0.15) is 0 Å². The molecular formula is C32H42N4O4. The number of nitrogens with zero attached hydrogens (tertiary/aromatic N) is 4. The summed E-state index contributed by atoms with van der Waals surface area (Å²) in [4.78, 5) is 34.7. The quantitative estimate of drug-likeness (QED) is 0.351. The van der Waals surface area contributed by atoms with Crippen LogP contribution in [-0.2, 0) is 15.9 Å². The molecule has 1 amide bonds. The average Bonchev–Trinajstić information content (AvgIpc) is 3.67. The van der Waals surface area contributed by atoms with Gasteiger partial charge in [0.05, 0.1) is 5.69 Å². The topological polar surface area (TPSA) is 76.9 Å². The lowest BCUT2D eigenvalue weighted by Gasteiger charge is -2.36. The molecule has 0 N–H and O–H groups in total. The SMILES string of the molecule is CCc1cn(C(=O)OC(C)(C)C)c2nc(C3CC3)c(-c3ccc(N4CCN(C(=O)OC(C)(C)C)CC4)cc3)cc12. The third-order valence-electron chi connectivity index (χ3n) is 7.30. The van der Waals surface area contributed by atoms with Crippen molar-refractivity contribution in [2.24, 2.45) is 0 Å². The van der Waals surface area contributed by atoms with Gasteiger partial charge in [0.25, 0.3) is 0 Å². The van der Waals surface area contributed by atoms with Crippen molar-refractivity contribution in [2.75, 3.05) is 31.1 Å². The van der Waals surface area contributed by atoms with Crippen LogP contribution in [0.5, 0.6) is 0 Å². The van der Waals surface area contributed by atoms with Gasteiger partial charge in [-0.05, 0) is 90.1 Å². The predicted molar refractivity (Wildman–Crippen MR) is 158 cm³/mol. The zero-order valence-electron chi connectivity index (χ0n) is 24.9. The Bertz CT molecular complexity index is 1400. The number of carbonyl (C=O) groups is 2. The van der Waals surface area contributed by atoms with E-state index in [4.69, 9.17) is 14.5 Å². The summed E-state index contributed by atoms with van der Waals surface area (Å²) in [6.45, 7) is 16.2. The smallest absolute Gasteiger partial charge is 0.420 e. The summed E-state index contributed by atoms with van der Waals surface area (Å²) in [6.07, 6.45) is 4.26. The van der Waals surface area contributed by atoms with Crippen LogP contribution in [-0.4, -0.2) is 64.0 Å². The number of carbonyl (C=O) groups excluding carboxylic acids is 2. The maximum absolute atomic E-state index is 13.0. The van der Waals surface area contributed by atoms with Crippen LogP contribution >= 0.6 is 0 Å². The van der Waals surface area contributed by atoms with E-state index >= 15 is 0 Å². The van der Waals surface area contributed by atoms with Crippen LogP contribution in [0.4, 0.5) is 15.3 Å².